The summed E-state index contributed by atoms with van der Waals surface area (Å²) in [4.78, 5) is 1.45. The predicted octanol–water partition coefficient (Wildman–Crippen LogP) is 4.40. The number of anilines is 2. The van der Waals surface area contributed by atoms with Crippen LogP contribution in [0.2, 0.25) is 0 Å². The second kappa shape index (κ2) is 7.19. The Morgan fingerprint density at radius 3 is 2.47 bits per heavy atom. The fourth-order valence-electron chi connectivity index (χ4n) is 2.01. The minimum Gasteiger partial charge on any atom is -0.388 e. The predicted molar refractivity (Wildman–Crippen MR) is 86.5 cm³/mol. The summed E-state index contributed by atoms with van der Waals surface area (Å²) in [5.41, 5.74) is 2.58. The van der Waals surface area contributed by atoms with Crippen LogP contribution in [0.3, 0.4) is 0 Å². The van der Waals surface area contributed by atoms with E-state index in [0.717, 1.165) is 25.8 Å². The van der Waals surface area contributed by atoms with E-state index in [2.05, 4.69) is 54.0 Å². The molecule has 0 bridgehead atoms. The highest BCUT2D eigenvalue weighted by molar-refractivity contribution is 7.16. The van der Waals surface area contributed by atoms with E-state index in [1.807, 2.05) is 18.4 Å². The summed E-state index contributed by atoms with van der Waals surface area (Å²) in [6, 6.07) is 13.1. The normalized spacial score (nSPS) is 10.4. The number of nitrogens with one attached hydrogen (secondary N) is 2. The lowest BCUT2D eigenvalue weighted by Crippen LogP contribution is -2.01. The molecular weight excluding hydrogens is 252 g/mol. The molecular formula is C16H22N2S. The molecule has 0 atom stereocenters. The smallest absolute Gasteiger partial charge is 0.0885 e. The van der Waals surface area contributed by atoms with Gasteiger partial charge in [-0.2, -0.15) is 0 Å². The van der Waals surface area contributed by atoms with Crippen molar-refractivity contribution in [3.63, 3.8) is 0 Å². The summed E-state index contributed by atoms with van der Waals surface area (Å²) in [5, 5.41) is 7.93. The van der Waals surface area contributed by atoms with Crippen molar-refractivity contribution in [2.75, 3.05) is 24.2 Å². The Morgan fingerprint density at radius 1 is 1.05 bits per heavy atom. The molecule has 0 aliphatic carbocycles. The maximum atomic E-state index is 3.50. The fourth-order valence-corrected chi connectivity index (χ4v) is 2.88. The summed E-state index contributed by atoms with van der Waals surface area (Å²) < 4.78 is 0. The molecule has 3 heteroatoms. The molecule has 1 aromatic heterocycles. The van der Waals surface area contributed by atoms with Gasteiger partial charge >= 0.3 is 0 Å². The highest BCUT2D eigenvalue weighted by Crippen LogP contribution is 2.22. The van der Waals surface area contributed by atoms with Gasteiger partial charge in [-0.05, 0) is 49.1 Å². The largest absolute Gasteiger partial charge is 0.388 e. The number of rotatable bonds is 7. The van der Waals surface area contributed by atoms with Crippen LogP contribution in [0.15, 0.2) is 36.4 Å². The molecule has 0 saturated carbocycles. The number of hydrogen-bond acceptors (Lipinski definition) is 3. The maximum Gasteiger partial charge on any atom is 0.0885 e. The summed E-state index contributed by atoms with van der Waals surface area (Å²) in [6.45, 7) is 3.24. The molecule has 0 aliphatic rings. The molecule has 0 radical (unpaired) electrons. The highest BCUT2D eigenvalue weighted by Gasteiger charge is 1.98. The summed E-state index contributed by atoms with van der Waals surface area (Å²) in [5.74, 6) is 0. The standard InChI is InChI=1S/C16H22N2S/c1-3-15-10-11-16(19-15)18-12-4-5-13-6-8-14(17-2)9-7-13/h6-11,17-18H,3-5,12H2,1-2H3. The van der Waals surface area contributed by atoms with Gasteiger partial charge in [-0.15, -0.1) is 11.3 Å². The van der Waals surface area contributed by atoms with Crippen LogP contribution in [-0.4, -0.2) is 13.6 Å². The zero-order valence-corrected chi connectivity index (χ0v) is 12.5. The van der Waals surface area contributed by atoms with Gasteiger partial charge in [0.25, 0.3) is 0 Å². The minimum atomic E-state index is 1.04. The zero-order valence-electron chi connectivity index (χ0n) is 11.7. The van der Waals surface area contributed by atoms with Crippen molar-refractivity contribution in [2.45, 2.75) is 26.2 Å². The van der Waals surface area contributed by atoms with Gasteiger partial charge in [0.1, 0.15) is 0 Å². The lowest BCUT2D eigenvalue weighted by Gasteiger charge is -2.05. The van der Waals surface area contributed by atoms with Crippen LogP contribution in [-0.2, 0) is 12.8 Å². The summed E-state index contributed by atoms with van der Waals surface area (Å²) >= 11 is 1.86. The third kappa shape index (κ3) is 4.28. The number of thiophene rings is 1. The van der Waals surface area contributed by atoms with Gasteiger partial charge in [0.15, 0.2) is 0 Å². The van der Waals surface area contributed by atoms with Crippen molar-refractivity contribution in [1.29, 1.82) is 0 Å². The summed E-state index contributed by atoms with van der Waals surface area (Å²) in [6.07, 6.45) is 3.42. The fraction of sp³-hybridized carbons (Fsp3) is 0.375. The van der Waals surface area contributed by atoms with Crippen LogP contribution >= 0.6 is 11.3 Å². The van der Waals surface area contributed by atoms with E-state index in [1.54, 1.807) is 0 Å². The highest BCUT2D eigenvalue weighted by atomic mass is 32.1. The monoisotopic (exact) mass is 274 g/mol. The van der Waals surface area contributed by atoms with Crippen molar-refractivity contribution in [3.05, 3.63) is 46.8 Å². The molecule has 0 unspecified atom stereocenters. The first-order valence-electron chi connectivity index (χ1n) is 6.91. The molecule has 2 rings (SSSR count). The number of hydrogen-bond donors (Lipinski definition) is 2. The molecule has 2 nitrogen and oxygen atoms in total. The van der Waals surface area contributed by atoms with Gasteiger partial charge < -0.3 is 10.6 Å². The molecule has 19 heavy (non-hydrogen) atoms. The first-order valence-corrected chi connectivity index (χ1v) is 7.72. The van der Waals surface area contributed by atoms with Crippen LogP contribution < -0.4 is 10.6 Å². The van der Waals surface area contributed by atoms with Crippen molar-refractivity contribution in [1.82, 2.24) is 0 Å². The molecule has 0 aliphatic heterocycles. The Morgan fingerprint density at radius 2 is 1.84 bits per heavy atom. The molecule has 0 amide bonds. The zero-order chi connectivity index (χ0) is 13.5. The second-order valence-electron chi connectivity index (χ2n) is 4.60. The van der Waals surface area contributed by atoms with E-state index >= 15 is 0 Å². The maximum absolute atomic E-state index is 3.50. The van der Waals surface area contributed by atoms with E-state index in [-0.39, 0.29) is 0 Å². The topological polar surface area (TPSA) is 24.1 Å². The molecule has 2 aromatic rings. The van der Waals surface area contributed by atoms with Crippen molar-refractivity contribution >= 4 is 22.0 Å². The van der Waals surface area contributed by atoms with Gasteiger partial charge in [-0.3, -0.25) is 0 Å². The van der Waals surface area contributed by atoms with E-state index in [9.17, 15) is 0 Å². The van der Waals surface area contributed by atoms with Gasteiger partial charge in [0.2, 0.25) is 0 Å². The Labute approximate surface area is 119 Å². The second-order valence-corrected chi connectivity index (χ2v) is 5.77. The Hall–Kier alpha value is -1.48. The molecule has 0 fully saturated rings. The van der Waals surface area contributed by atoms with Gasteiger partial charge in [0.05, 0.1) is 5.00 Å². The van der Waals surface area contributed by atoms with Crippen molar-refractivity contribution < 1.29 is 0 Å². The number of aryl methyl sites for hydroxylation is 2. The third-order valence-corrected chi connectivity index (χ3v) is 4.38. The Balaban J connectivity index is 1.71. The average molecular weight is 274 g/mol. The molecule has 1 heterocycles. The molecule has 0 spiro atoms. The average Bonchev–Trinajstić information content (AvgIpc) is 2.92. The molecule has 102 valence electrons. The summed E-state index contributed by atoms with van der Waals surface area (Å²) in [7, 11) is 1.95. The Bertz CT molecular complexity index is 488. The number of benzene rings is 1. The van der Waals surface area contributed by atoms with Gasteiger partial charge in [0, 0.05) is 24.2 Å². The van der Waals surface area contributed by atoms with Crippen LogP contribution in [0.4, 0.5) is 10.7 Å². The minimum absolute atomic E-state index is 1.04. The van der Waals surface area contributed by atoms with Crippen LogP contribution in [0.25, 0.3) is 0 Å². The van der Waals surface area contributed by atoms with E-state index in [1.165, 1.54) is 21.1 Å². The quantitative estimate of drug-likeness (QED) is 0.731. The van der Waals surface area contributed by atoms with E-state index < -0.39 is 0 Å². The molecule has 2 N–H and O–H groups in total. The van der Waals surface area contributed by atoms with Gasteiger partial charge in [-0.1, -0.05) is 19.1 Å². The first-order chi connectivity index (χ1) is 9.31. The van der Waals surface area contributed by atoms with Crippen LogP contribution in [0.1, 0.15) is 23.8 Å². The third-order valence-electron chi connectivity index (χ3n) is 3.19. The van der Waals surface area contributed by atoms with E-state index in [0.29, 0.717) is 0 Å². The van der Waals surface area contributed by atoms with Crippen molar-refractivity contribution in [3.8, 4) is 0 Å². The lowest BCUT2D eigenvalue weighted by atomic mass is 10.1. The Kier molecular flexibility index (Phi) is 5.28. The van der Waals surface area contributed by atoms with Crippen LogP contribution in [0, 0.1) is 0 Å². The first kappa shape index (κ1) is 13.9. The molecule has 1 aromatic carbocycles. The van der Waals surface area contributed by atoms with Gasteiger partial charge in [-0.25, -0.2) is 0 Å². The molecule has 0 saturated heterocycles. The lowest BCUT2D eigenvalue weighted by molar-refractivity contribution is 0.865. The SMILES string of the molecule is CCc1ccc(NCCCc2ccc(NC)cc2)s1. The van der Waals surface area contributed by atoms with Crippen molar-refractivity contribution in [2.24, 2.45) is 0 Å². The van der Waals surface area contributed by atoms with E-state index in [4.69, 9.17) is 0 Å². The van der Waals surface area contributed by atoms with Crippen LogP contribution in [0.5, 0.6) is 0 Å².